The lowest BCUT2D eigenvalue weighted by molar-refractivity contribution is -0.384. The molecule has 0 atom stereocenters. The topological polar surface area (TPSA) is 67.5 Å². The second kappa shape index (κ2) is 3.26. The summed E-state index contributed by atoms with van der Waals surface area (Å²) in [6, 6.07) is 2.99. The zero-order valence-electron chi connectivity index (χ0n) is 7.03. The average molecular weight is 212 g/mol. The number of anilines is 1. The molecule has 1 aliphatic rings. The van der Waals surface area contributed by atoms with Gasteiger partial charge < -0.3 is 5.32 Å². The van der Waals surface area contributed by atoms with Crippen LogP contribution in [0.4, 0.5) is 11.4 Å². The lowest BCUT2D eigenvalue weighted by Crippen LogP contribution is -2.05. The Labute approximate surface area is 84.6 Å². The highest BCUT2D eigenvalue weighted by Crippen LogP contribution is 2.32. The van der Waals surface area contributed by atoms with Crippen LogP contribution in [0.25, 0.3) is 0 Å². The van der Waals surface area contributed by atoms with E-state index in [0.717, 1.165) is 11.3 Å². The van der Waals surface area contributed by atoms with Crippen molar-refractivity contribution in [1.82, 2.24) is 0 Å². The number of rotatable bonds is 1. The summed E-state index contributed by atoms with van der Waals surface area (Å²) in [7, 11) is 0. The van der Waals surface area contributed by atoms with Gasteiger partial charge in [0.25, 0.3) is 5.69 Å². The van der Waals surface area contributed by atoms with Gasteiger partial charge in [0.05, 0.1) is 17.8 Å². The van der Waals surface area contributed by atoms with Gasteiger partial charge in [0.2, 0.25) is 0 Å². The van der Waals surface area contributed by atoms with E-state index in [1.165, 1.54) is 6.07 Å². The van der Waals surface area contributed by atoms with Gasteiger partial charge in [-0.3, -0.25) is 15.1 Å². The van der Waals surface area contributed by atoms with E-state index in [2.05, 4.69) is 10.3 Å². The smallest absolute Gasteiger partial charge is 0.288 e. The number of nitrogens with zero attached hydrogens (tertiary/aromatic N) is 2. The van der Waals surface area contributed by atoms with E-state index in [9.17, 15) is 10.1 Å². The van der Waals surface area contributed by atoms with Gasteiger partial charge in [-0.2, -0.15) is 0 Å². The standard InChI is InChI=1S/C8H6ClN3O2/c9-6-2-7-5(3-10-4-11-7)1-8(6)12(13)14/h1-2,4H,3H2,(H,10,11). The molecule has 1 heterocycles. The van der Waals surface area contributed by atoms with Crippen molar-refractivity contribution in [2.24, 2.45) is 4.99 Å². The maximum absolute atomic E-state index is 10.6. The van der Waals surface area contributed by atoms with Crippen LogP contribution in [0.5, 0.6) is 0 Å². The Kier molecular flexibility index (Phi) is 2.09. The molecule has 1 aromatic rings. The fraction of sp³-hybridized carbons (Fsp3) is 0.125. The predicted octanol–water partition coefficient (Wildman–Crippen LogP) is 2.20. The summed E-state index contributed by atoms with van der Waals surface area (Å²) in [6.07, 6.45) is 1.55. The molecule has 0 radical (unpaired) electrons. The first-order valence-corrected chi connectivity index (χ1v) is 4.28. The Morgan fingerprint density at radius 3 is 3.07 bits per heavy atom. The molecule has 0 aliphatic carbocycles. The first kappa shape index (κ1) is 8.96. The molecule has 0 bridgehead atoms. The van der Waals surface area contributed by atoms with Gasteiger partial charge in [-0.1, -0.05) is 11.6 Å². The fourth-order valence-corrected chi connectivity index (χ4v) is 1.50. The van der Waals surface area contributed by atoms with Crippen molar-refractivity contribution in [2.75, 3.05) is 5.32 Å². The minimum absolute atomic E-state index is 0.0793. The highest BCUT2D eigenvalue weighted by molar-refractivity contribution is 6.33. The summed E-state index contributed by atoms with van der Waals surface area (Å²) in [6.45, 7) is 0.445. The molecular formula is C8H6ClN3O2. The second-order valence-electron chi connectivity index (χ2n) is 2.83. The molecule has 0 saturated carbocycles. The number of aliphatic imine (C=N–C) groups is 1. The molecule has 1 N–H and O–H groups in total. The molecule has 2 rings (SSSR count). The van der Waals surface area contributed by atoms with Crippen LogP contribution in [0.2, 0.25) is 5.02 Å². The molecule has 1 aromatic carbocycles. The minimum Gasteiger partial charge on any atom is -0.346 e. The normalized spacial score (nSPS) is 13.2. The zero-order valence-corrected chi connectivity index (χ0v) is 7.78. The highest BCUT2D eigenvalue weighted by Gasteiger charge is 2.17. The first-order valence-electron chi connectivity index (χ1n) is 3.90. The van der Waals surface area contributed by atoms with Gasteiger partial charge in [0, 0.05) is 17.3 Å². The maximum Gasteiger partial charge on any atom is 0.288 e. The van der Waals surface area contributed by atoms with Crippen LogP contribution in [0.3, 0.4) is 0 Å². The van der Waals surface area contributed by atoms with Gasteiger partial charge in [-0.05, 0) is 6.07 Å². The molecule has 0 aromatic heterocycles. The van der Waals surface area contributed by atoms with Crippen LogP contribution < -0.4 is 5.32 Å². The van der Waals surface area contributed by atoms with Crippen LogP contribution >= 0.6 is 11.6 Å². The van der Waals surface area contributed by atoms with Crippen molar-refractivity contribution in [1.29, 1.82) is 0 Å². The lowest BCUT2D eigenvalue weighted by Gasteiger charge is -2.11. The summed E-state index contributed by atoms with van der Waals surface area (Å²) in [5, 5.41) is 13.6. The molecule has 6 heteroatoms. The summed E-state index contributed by atoms with van der Waals surface area (Å²) in [5.41, 5.74) is 1.48. The molecule has 0 unspecified atom stereocenters. The largest absolute Gasteiger partial charge is 0.346 e. The number of nitrogens with one attached hydrogen (secondary N) is 1. The predicted molar refractivity (Wildman–Crippen MR) is 53.9 cm³/mol. The number of hydrogen-bond acceptors (Lipinski definition) is 4. The van der Waals surface area contributed by atoms with E-state index >= 15 is 0 Å². The number of fused-ring (bicyclic) bond motifs is 1. The lowest BCUT2D eigenvalue weighted by atomic mass is 10.1. The summed E-state index contributed by atoms with van der Waals surface area (Å²) >= 11 is 5.73. The summed E-state index contributed by atoms with van der Waals surface area (Å²) < 4.78 is 0. The Balaban J connectivity index is 2.53. The van der Waals surface area contributed by atoms with Gasteiger partial charge in [0.15, 0.2) is 0 Å². The minimum atomic E-state index is -0.499. The summed E-state index contributed by atoms with van der Waals surface area (Å²) in [4.78, 5) is 14.0. The zero-order chi connectivity index (χ0) is 10.1. The van der Waals surface area contributed by atoms with Crippen LogP contribution in [-0.4, -0.2) is 11.3 Å². The highest BCUT2D eigenvalue weighted by atomic mass is 35.5. The number of benzene rings is 1. The Morgan fingerprint density at radius 2 is 2.36 bits per heavy atom. The van der Waals surface area contributed by atoms with Crippen molar-refractivity contribution in [3.05, 3.63) is 32.8 Å². The molecule has 14 heavy (non-hydrogen) atoms. The van der Waals surface area contributed by atoms with E-state index in [-0.39, 0.29) is 10.7 Å². The number of nitro groups is 1. The average Bonchev–Trinajstić information content (AvgIpc) is 2.16. The van der Waals surface area contributed by atoms with Crippen molar-refractivity contribution >= 4 is 29.3 Å². The van der Waals surface area contributed by atoms with Gasteiger partial charge >= 0.3 is 0 Å². The van der Waals surface area contributed by atoms with Crippen molar-refractivity contribution in [3.8, 4) is 0 Å². The first-order chi connectivity index (χ1) is 6.68. The molecule has 0 amide bonds. The maximum atomic E-state index is 10.6. The third kappa shape index (κ3) is 1.42. The van der Waals surface area contributed by atoms with Crippen LogP contribution in [-0.2, 0) is 6.54 Å². The van der Waals surface area contributed by atoms with Crippen LogP contribution in [0.15, 0.2) is 17.1 Å². The molecular weight excluding hydrogens is 206 g/mol. The van der Waals surface area contributed by atoms with Crippen LogP contribution in [0, 0.1) is 10.1 Å². The SMILES string of the molecule is O=[N+]([O-])c1cc2c(cc1Cl)NC=NC2. The molecule has 0 saturated heterocycles. The van der Waals surface area contributed by atoms with E-state index < -0.39 is 4.92 Å². The van der Waals surface area contributed by atoms with E-state index in [1.54, 1.807) is 12.4 Å². The van der Waals surface area contributed by atoms with Crippen molar-refractivity contribution in [3.63, 3.8) is 0 Å². The Morgan fingerprint density at radius 1 is 1.57 bits per heavy atom. The van der Waals surface area contributed by atoms with E-state index in [4.69, 9.17) is 11.6 Å². The van der Waals surface area contributed by atoms with Gasteiger partial charge in [-0.15, -0.1) is 0 Å². The number of halogens is 1. The Bertz CT molecular complexity index is 431. The summed E-state index contributed by atoms with van der Waals surface area (Å²) in [5.74, 6) is 0. The number of hydrogen-bond donors (Lipinski definition) is 1. The molecule has 1 aliphatic heterocycles. The molecule has 0 fully saturated rings. The molecule has 5 nitrogen and oxygen atoms in total. The van der Waals surface area contributed by atoms with Crippen molar-refractivity contribution < 1.29 is 4.92 Å². The van der Waals surface area contributed by atoms with Crippen LogP contribution in [0.1, 0.15) is 5.56 Å². The number of nitro benzene ring substituents is 1. The third-order valence-corrected chi connectivity index (χ3v) is 2.25. The molecule has 72 valence electrons. The van der Waals surface area contributed by atoms with Gasteiger partial charge in [0.1, 0.15) is 5.02 Å². The Hall–Kier alpha value is -1.62. The van der Waals surface area contributed by atoms with E-state index in [1.807, 2.05) is 0 Å². The van der Waals surface area contributed by atoms with Gasteiger partial charge in [-0.25, -0.2) is 0 Å². The fourth-order valence-electron chi connectivity index (χ4n) is 1.27. The van der Waals surface area contributed by atoms with Crippen molar-refractivity contribution in [2.45, 2.75) is 6.54 Å². The quantitative estimate of drug-likeness (QED) is 0.572. The third-order valence-electron chi connectivity index (χ3n) is 1.94. The molecule has 0 spiro atoms. The monoisotopic (exact) mass is 211 g/mol. The van der Waals surface area contributed by atoms with E-state index in [0.29, 0.717) is 6.54 Å². The second-order valence-corrected chi connectivity index (χ2v) is 3.24.